The van der Waals surface area contributed by atoms with Crippen LogP contribution in [0.3, 0.4) is 0 Å². The molecular weight excluding hydrogens is 783 g/mol. The number of aliphatic hydroxyl groups is 6. The summed E-state index contributed by atoms with van der Waals surface area (Å²) in [5.74, 6) is -0.577. The highest BCUT2D eigenvalue weighted by Gasteiger charge is 2.44. The van der Waals surface area contributed by atoms with Crippen molar-refractivity contribution in [3.63, 3.8) is 0 Å². The predicted molar refractivity (Wildman–Crippen MR) is 255 cm³/mol. The largest absolute Gasteiger partial charge is 0.394 e. The third-order valence-corrected chi connectivity index (χ3v) is 13.3. The summed E-state index contributed by atoms with van der Waals surface area (Å²) in [6, 6.07) is -0.888. The Balaban J connectivity index is 2.27. The van der Waals surface area contributed by atoms with E-state index in [0.717, 1.165) is 38.5 Å². The first-order chi connectivity index (χ1) is 30.3. The number of hydrogen-bond acceptors (Lipinski definition) is 9. The van der Waals surface area contributed by atoms with E-state index in [4.69, 9.17) is 9.47 Å². The van der Waals surface area contributed by atoms with Gasteiger partial charge in [-0.05, 0) is 12.8 Å². The van der Waals surface area contributed by atoms with Crippen LogP contribution < -0.4 is 5.32 Å². The summed E-state index contributed by atoms with van der Waals surface area (Å²) in [6.45, 7) is 3.70. The van der Waals surface area contributed by atoms with E-state index in [1.54, 1.807) is 0 Å². The van der Waals surface area contributed by atoms with Gasteiger partial charge in [0.1, 0.15) is 30.5 Å². The molecule has 0 saturated carbocycles. The molecule has 0 aromatic heterocycles. The molecule has 1 rings (SSSR count). The zero-order valence-corrected chi connectivity index (χ0v) is 40.5. The van der Waals surface area contributed by atoms with Gasteiger partial charge in [-0.3, -0.25) is 4.79 Å². The lowest BCUT2D eigenvalue weighted by molar-refractivity contribution is -0.302. The lowest BCUT2D eigenvalue weighted by atomic mass is 9.99. The normalized spacial score (nSPS) is 20.7. The van der Waals surface area contributed by atoms with E-state index in [0.29, 0.717) is 12.8 Å². The monoisotopic (exact) mass is 886 g/mol. The van der Waals surface area contributed by atoms with Crippen LogP contribution in [0.2, 0.25) is 0 Å². The first kappa shape index (κ1) is 59.2. The maximum absolute atomic E-state index is 13.1. The number of ether oxygens (including phenoxy) is 2. The number of carbonyl (C=O) groups excluding carboxylic acids is 1. The minimum Gasteiger partial charge on any atom is -0.394 e. The SMILES string of the molecule is CCCCCCCCCCCCCCCCCCCCCCCCC(O)C(=O)NC(COC1OC(CO)C(O)C(O)C1O)C(O)CCCCCCCCCCCCCCCCC. The summed E-state index contributed by atoms with van der Waals surface area (Å²) in [6.07, 6.45) is 38.7. The van der Waals surface area contributed by atoms with Gasteiger partial charge in [-0.2, -0.15) is 0 Å². The number of unbranched alkanes of at least 4 members (excludes halogenated alkanes) is 35. The average molecular weight is 886 g/mol. The van der Waals surface area contributed by atoms with E-state index in [1.165, 1.54) is 199 Å². The second kappa shape index (κ2) is 42.8. The van der Waals surface area contributed by atoms with E-state index in [-0.39, 0.29) is 6.61 Å². The summed E-state index contributed by atoms with van der Waals surface area (Å²) in [5, 5.41) is 65.1. The summed E-state index contributed by atoms with van der Waals surface area (Å²) >= 11 is 0. The Bertz CT molecular complexity index is 957. The number of carbonyl (C=O) groups is 1. The highest BCUT2D eigenvalue weighted by Crippen LogP contribution is 2.23. The van der Waals surface area contributed by atoms with E-state index < -0.39 is 61.5 Å². The van der Waals surface area contributed by atoms with Crippen molar-refractivity contribution < 1.29 is 44.9 Å². The molecule has 1 aliphatic heterocycles. The first-order valence-corrected chi connectivity index (χ1v) is 26.8. The molecule has 10 nitrogen and oxygen atoms in total. The quantitative estimate of drug-likeness (QED) is 0.0294. The topological polar surface area (TPSA) is 169 Å². The number of nitrogens with one attached hydrogen (secondary N) is 1. The molecule has 1 amide bonds. The molecule has 370 valence electrons. The second-order valence-electron chi connectivity index (χ2n) is 19.2. The number of amides is 1. The number of rotatable bonds is 46. The van der Waals surface area contributed by atoms with E-state index >= 15 is 0 Å². The van der Waals surface area contributed by atoms with Crippen molar-refractivity contribution in [3.8, 4) is 0 Å². The van der Waals surface area contributed by atoms with Crippen molar-refractivity contribution in [1.82, 2.24) is 5.32 Å². The summed E-state index contributed by atoms with van der Waals surface area (Å²) in [4.78, 5) is 13.1. The summed E-state index contributed by atoms with van der Waals surface area (Å²) < 4.78 is 11.2. The zero-order chi connectivity index (χ0) is 45.3. The predicted octanol–water partition coefficient (Wildman–Crippen LogP) is 11.3. The minimum absolute atomic E-state index is 0.250. The molecular formula is C52H103NO9. The molecule has 0 aromatic carbocycles. The van der Waals surface area contributed by atoms with Crippen LogP contribution >= 0.6 is 0 Å². The maximum Gasteiger partial charge on any atom is 0.249 e. The fourth-order valence-corrected chi connectivity index (χ4v) is 8.93. The Morgan fingerprint density at radius 2 is 0.806 bits per heavy atom. The van der Waals surface area contributed by atoms with Gasteiger partial charge in [-0.15, -0.1) is 0 Å². The summed E-state index contributed by atoms with van der Waals surface area (Å²) in [7, 11) is 0. The van der Waals surface area contributed by atoms with Crippen LogP contribution in [-0.4, -0.2) is 98.7 Å². The second-order valence-corrected chi connectivity index (χ2v) is 19.2. The van der Waals surface area contributed by atoms with Crippen LogP contribution in [0.25, 0.3) is 0 Å². The van der Waals surface area contributed by atoms with Gasteiger partial charge in [0.25, 0.3) is 0 Å². The molecule has 1 fully saturated rings. The molecule has 8 atom stereocenters. The van der Waals surface area contributed by atoms with Gasteiger partial charge in [0.15, 0.2) is 6.29 Å². The standard InChI is InChI=1S/C52H103NO9/c1-3-5-7-9-11-13-15-17-19-20-21-22-23-24-25-27-29-31-33-35-37-39-41-46(56)51(60)53-44(43-61-52-50(59)49(58)48(57)47(42-54)62-52)45(55)40-38-36-34-32-30-28-26-18-16-14-12-10-8-6-4-2/h44-50,52,54-59H,3-43H2,1-2H3,(H,53,60). The minimum atomic E-state index is -1.59. The highest BCUT2D eigenvalue weighted by molar-refractivity contribution is 5.80. The van der Waals surface area contributed by atoms with Crippen LogP contribution in [-0.2, 0) is 14.3 Å². The average Bonchev–Trinajstić information content (AvgIpc) is 3.27. The molecule has 8 unspecified atom stereocenters. The van der Waals surface area contributed by atoms with Gasteiger partial charge < -0.3 is 45.4 Å². The molecule has 0 aliphatic carbocycles. The van der Waals surface area contributed by atoms with Crippen LogP contribution in [0.15, 0.2) is 0 Å². The Morgan fingerprint density at radius 3 is 1.15 bits per heavy atom. The van der Waals surface area contributed by atoms with Gasteiger partial charge in [0.2, 0.25) is 5.91 Å². The maximum atomic E-state index is 13.1. The van der Waals surface area contributed by atoms with Crippen LogP contribution in [0.5, 0.6) is 0 Å². The Kier molecular flexibility index (Phi) is 40.8. The number of aliphatic hydroxyl groups excluding tert-OH is 6. The lowest BCUT2D eigenvalue weighted by Crippen LogP contribution is -2.60. The van der Waals surface area contributed by atoms with Crippen molar-refractivity contribution >= 4 is 5.91 Å². The molecule has 62 heavy (non-hydrogen) atoms. The van der Waals surface area contributed by atoms with Gasteiger partial charge in [-0.25, -0.2) is 0 Å². The number of hydrogen-bond donors (Lipinski definition) is 7. The Morgan fingerprint density at radius 1 is 0.484 bits per heavy atom. The van der Waals surface area contributed by atoms with Crippen LogP contribution in [0.4, 0.5) is 0 Å². The summed E-state index contributed by atoms with van der Waals surface area (Å²) in [5.41, 5.74) is 0. The molecule has 0 aromatic rings. The van der Waals surface area contributed by atoms with Gasteiger partial charge in [-0.1, -0.05) is 251 Å². The third kappa shape index (κ3) is 31.9. The molecule has 1 saturated heterocycles. The van der Waals surface area contributed by atoms with Gasteiger partial charge in [0, 0.05) is 0 Å². The molecule has 1 aliphatic rings. The molecule has 0 radical (unpaired) electrons. The molecule has 7 N–H and O–H groups in total. The van der Waals surface area contributed by atoms with Crippen molar-refractivity contribution in [2.45, 2.75) is 313 Å². The van der Waals surface area contributed by atoms with Crippen molar-refractivity contribution in [1.29, 1.82) is 0 Å². The van der Waals surface area contributed by atoms with Crippen LogP contribution in [0.1, 0.15) is 264 Å². The Labute approximate surface area is 381 Å². The molecule has 10 heteroatoms. The fourth-order valence-electron chi connectivity index (χ4n) is 8.93. The highest BCUT2D eigenvalue weighted by atomic mass is 16.7. The van der Waals surface area contributed by atoms with Crippen molar-refractivity contribution in [2.24, 2.45) is 0 Å². The van der Waals surface area contributed by atoms with Crippen molar-refractivity contribution in [3.05, 3.63) is 0 Å². The van der Waals surface area contributed by atoms with Gasteiger partial charge >= 0.3 is 0 Å². The van der Waals surface area contributed by atoms with Gasteiger partial charge in [0.05, 0.1) is 25.4 Å². The molecule has 0 bridgehead atoms. The van der Waals surface area contributed by atoms with E-state index in [2.05, 4.69) is 19.2 Å². The van der Waals surface area contributed by atoms with E-state index in [1.807, 2.05) is 0 Å². The van der Waals surface area contributed by atoms with Crippen LogP contribution in [0, 0.1) is 0 Å². The van der Waals surface area contributed by atoms with Crippen molar-refractivity contribution in [2.75, 3.05) is 13.2 Å². The van der Waals surface area contributed by atoms with E-state index in [9.17, 15) is 35.4 Å². The molecule has 0 spiro atoms. The fraction of sp³-hybridized carbons (Fsp3) is 0.981. The first-order valence-electron chi connectivity index (χ1n) is 26.8. The zero-order valence-electron chi connectivity index (χ0n) is 40.5. The molecule has 1 heterocycles. The Hall–Kier alpha value is -0.850. The smallest absolute Gasteiger partial charge is 0.249 e. The third-order valence-electron chi connectivity index (χ3n) is 13.3. The lowest BCUT2D eigenvalue weighted by Gasteiger charge is -2.40.